The number of hydrogen-bond acceptors (Lipinski definition) is 4. The van der Waals surface area contributed by atoms with E-state index in [2.05, 4.69) is 26.7 Å². The lowest BCUT2D eigenvalue weighted by atomic mass is 10.1. The molecule has 0 amide bonds. The monoisotopic (exact) mass is 396 g/mol. The van der Waals surface area contributed by atoms with Crippen LogP contribution >= 0.6 is 0 Å². The number of H-pyrrole nitrogens is 1. The second-order valence-corrected chi connectivity index (χ2v) is 7.48. The van der Waals surface area contributed by atoms with E-state index in [0.29, 0.717) is 11.4 Å². The molecule has 148 valence electrons. The Balaban J connectivity index is 1.57. The molecule has 6 heteroatoms. The van der Waals surface area contributed by atoms with E-state index in [-0.39, 0.29) is 6.79 Å². The predicted molar refractivity (Wildman–Crippen MR) is 116 cm³/mol. The summed E-state index contributed by atoms with van der Waals surface area (Å²) in [6.45, 7) is 6.37. The van der Waals surface area contributed by atoms with E-state index in [1.165, 1.54) is 0 Å². The summed E-state index contributed by atoms with van der Waals surface area (Å²) in [5, 5.41) is 9.79. The van der Waals surface area contributed by atoms with Gasteiger partial charge in [0.15, 0.2) is 11.5 Å². The number of allylic oxidation sites excluding steroid dienone is 1. The Kier molecular flexibility index (Phi) is 4.11. The quantitative estimate of drug-likeness (QED) is 0.491. The van der Waals surface area contributed by atoms with Crippen LogP contribution in [-0.4, -0.2) is 21.3 Å². The molecular formula is C24H20N4O2. The number of nitrogens with one attached hydrogen (secondary N) is 1. The molecule has 1 aliphatic rings. The minimum absolute atomic E-state index is 0.249. The van der Waals surface area contributed by atoms with Crippen LogP contribution in [0.3, 0.4) is 0 Å². The number of hydrogen-bond donors (Lipinski definition) is 1. The largest absolute Gasteiger partial charge is 0.454 e. The van der Waals surface area contributed by atoms with E-state index < -0.39 is 0 Å². The maximum Gasteiger partial charge on any atom is 0.231 e. The van der Waals surface area contributed by atoms with Crippen LogP contribution in [0.15, 0.2) is 42.5 Å². The molecule has 4 aromatic rings. The molecule has 1 N–H and O–H groups in total. The van der Waals surface area contributed by atoms with Gasteiger partial charge in [0.1, 0.15) is 11.9 Å². The number of nitrogens with zero attached hydrogens (tertiary/aromatic N) is 3. The van der Waals surface area contributed by atoms with Crippen molar-refractivity contribution >= 4 is 22.7 Å². The Bertz CT molecular complexity index is 1370. The molecule has 0 unspecified atom stereocenters. The third-order valence-electron chi connectivity index (χ3n) is 5.40. The standard InChI is InChI=1S/C24H20N4O2/c1-14-4-6-20-21(8-14)27-24(26-20)18(12-25)10-17-9-15(2)28(16(17)3)19-5-7-22-23(11-19)30-13-29-22/h4-11H,13H2,1-3H3,(H,26,27)/b18-10-. The number of aromatic amines is 1. The van der Waals surface area contributed by atoms with Gasteiger partial charge in [-0.2, -0.15) is 5.26 Å². The third-order valence-corrected chi connectivity index (χ3v) is 5.40. The van der Waals surface area contributed by atoms with Crippen LogP contribution in [0, 0.1) is 32.1 Å². The van der Waals surface area contributed by atoms with Crippen molar-refractivity contribution in [2.75, 3.05) is 6.79 Å². The number of benzene rings is 2. The van der Waals surface area contributed by atoms with Crippen LogP contribution in [0.1, 0.15) is 28.3 Å². The highest BCUT2D eigenvalue weighted by Gasteiger charge is 2.17. The van der Waals surface area contributed by atoms with Crippen molar-refractivity contribution < 1.29 is 9.47 Å². The Labute approximate surface area is 174 Å². The van der Waals surface area contributed by atoms with Gasteiger partial charge in [-0.05, 0) is 68.3 Å². The van der Waals surface area contributed by atoms with E-state index in [4.69, 9.17) is 9.47 Å². The topological polar surface area (TPSA) is 75.9 Å². The van der Waals surface area contributed by atoms with E-state index in [1.807, 2.05) is 63.2 Å². The first kappa shape index (κ1) is 18.1. The summed E-state index contributed by atoms with van der Waals surface area (Å²) in [4.78, 5) is 7.86. The van der Waals surface area contributed by atoms with Crippen molar-refractivity contribution in [2.24, 2.45) is 0 Å². The van der Waals surface area contributed by atoms with Gasteiger partial charge in [-0.15, -0.1) is 0 Å². The molecule has 0 fully saturated rings. The summed E-state index contributed by atoms with van der Waals surface area (Å²) in [5.74, 6) is 2.08. The van der Waals surface area contributed by atoms with Crippen molar-refractivity contribution in [1.82, 2.24) is 14.5 Å². The molecule has 30 heavy (non-hydrogen) atoms. The molecule has 0 spiro atoms. The zero-order valence-corrected chi connectivity index (χ0v) is 17.0. The van der Waals surface area contributed by atoms with Crippen molar-refractivity contribution in [1.29, 1.82) is 5.26 Å². The Morgan fingerprint density at radius 3 is 2.77 bits per heavy atom. The number of ether oxygens (including phenoxy) is 2. The molecule has 0 saturated carbocycles. The van der Waals surface area contributed by atoms with Crippen molar-refractivity contribution in [3.05, 3.63) is 70.8 Å². The van der Waals surface area contributed by atoms with E-state index in [9.17, 15) is 5.26 Å². The van der Waals surface area contributed by atoms with E-state index >= 15 is 0 Å². The first-order chi connectivity index (χ1) is 14.5. The normalized spacial score (nSPS) is 13.1. The predicted octanol–water partition coefficient (Wildman–Crippen LogP) is 5.07. The number of imidazole rings is 1. The van der Waals surface area contributed by atoms with Crippen LogP contribution in [-0.2, 0) is 0 Å². The fourth-order valence-electron chi connectivity index (χ4n) is 3.92. The third kappa shape index (κ3) is 2.92. The van der Waals surface area contributed by atoms with Gasteiger partial charge >= 0.3 is 0 Å². The maximum atomic E-state index is 9.79. The van der Waals surface area contributed by atoms with Crippen molar-refractivity contribution in [2.45, 2.75) is 20.8 Å². The van der Waals surface area contributed by atoms with Crippen molar-refractivity contribution in [3.8, 4) is 23.3 Å². The SMILES string of the molecule is Cc1ccc2nc(/C(C#N)=C\c3cc(C)n(-c4ccc5c(c4)OCO5)c3C)[nH]c2c1. The molecule has 0 bridgehead atoms. The van der Waals surface area contributed by atoms with Crippen LogP contribution in [0.25, 0.3) is 28.4 Å². The maximum absolute atomic E-state index is 9.79. The Morgan fingerprint density at radius 1 is 1.10 bits per heavy atom. The van der Waals surface area contributed by atoms with Gasteiger partial charge in [0.2, 0.25) is 6.79 Å². The second-order valence-electron chi connectivity index (χ2n) is 7.48. The molecular weight excluding hydrogens is 376 g/mol. The fourth-order valence-corrected chi connectivity index (χ4v) is 3.92. The molecule has 5 rings (SSSR count). The first-order valence-corrected chi connectivity index (χ1v) is 9.71. The molecule has 6 nitrogen and oxygen atoms in total. The van der Waals surface area contributed by atoms with Gasteiger partial charge in [-0.25, -0.2) is 4.98 Å². The van der Waals surface area contributed by atoms with Crippen molar-refractivity contribution in [3.63, 3.8) is 0 Å². The fraction of sp³-hybridized carbons (Fsp3) is 0.167. The number of fused-ring (bicyclic) bond motifs is 2. The lowest BCUT2D eigenvalue weighted by Crippen LogP contribution is -1.99. The molecule has 2 aromatic heterocycles. The number of aryl methyl sites for hydroxylation is 2. The molecule has 1 aliphatic heterocycles. The Hall–Kier alpha value is -3.98. The summed E-state index contributed by atoms with van der Waals surface area (Å²) in [6, 6.07) is 16.3. The highest BCUT2D eigenvalue weighted by Crippen LogP contribution is 2.35. The van der Waals surface area contributed by atoms with Crippen LogP contribution in [0.5, 0.6) is 11.5 Å². The molecule has 0 saturated heterocycles. The summed E-state index contributed by atoms with van der Waals surface area (Å²) in [7, 11) is 0. The zero-order valence-electron chi connectivity index (χ0n) is 17.0. The lowest BCUT2D eigenvalue weighted by molar-refractivity contribution is 0.174. The summed E-state index contributed by atoms with van der Waals surface area (Å²) < 4.78 is 13.1. The average Bonchev–Trinajstić information content (AvgIpc) is 3.42. The number of rotatable bonds is 3. The zero-order chi connectivity index (χ0) is 20.8. The molecule has 0 radical (unpaired) electrons. The van der Waals surface area contributed by atoms with Gasteiger partial charge in [-0.1, -0.05) is 6.07 Å². The summed E-state index contributed by atoms with van der Waals surface area (Å²) in [6.07, 6.45) is 1.89. The van der Waals surface area contributed by atoms with Gasteiger partial charge < -0.3 is 19.0 Å². The van der Waals surface area contributed by atoms with Gasteiger partial charge in [0.05, 0.1) is 16.6 Å². The van der Waals surface area contributed by atoms with Gasteiger partial charge in [0.25, 0.3) is 0 Å². The van der Waals surface area contributed by atoms with Gasteiger partial charge in [0, 0.05) is 23.1 Å². The van der Waals surface area contributed by atoms with Gasteiger partial charge in [-0.3, -0.25) is 0 Å². The molecule has 0 aliphatic carbocycles. The lowest BCUT2D eigenvalue weighted by Gasteiger charge is -2.10. The van der Waals surface area contributed by atoms with Crippen LogP contribution in [0.2, 0.25) is 0 Å². The van der Waals surface area contributed by atoms with Crippen LogP contribution < -0.4 is 9.47 Å². The highest BCUT2D eigenvalue weighted by atomic mass is 16.7. The Morgan fingerprint density at radius 2 is 1.93 bits per heavy atom. The number of aromatic nitrogens is 3. The molecule has 3 heterocycles. The average molecular weight is 396 g/mol. The summed E-state index contributed by atoms with van der Waals surface area (Å²) >= 11 is 0. The minimum atomic E-state index is 0.249. The number of nitriles is 1. The minimum Gasteiger partial charge on any atom is -0.454 e. The van der Waals surface area contributed by atoms with E-state index in [1.54, 1.807) is 0 Å². The molecule has 0 atom stereocenters. The second kappa shape index (κ2) is 6.82. The summed E-state index contributed by atoms with van der Waals surface area (Å²) in [5.41, 5.74) is 7.48. The van der Waals surface area contributed by atoms with Crippen LogP contribution in [0.4, 0.5) is 0 Å². The van der Waals surface area contributed by atoms with E-state index in [0.717, 1.165) is 50.7 Å². The molecule has 2 aromatic carbocycles. The first-order valence-electron chi connectivity index (χ1n) is 9.71. The smallest absolute Gasteiger partial charge is 0.231 e. The highest BCUT2D eigenvalue weighted by molar-refractivity contribution is 5.91.